The summed E-state index contributed by atoms with van der Waals surface area (Å²) < 4.78 is 1.67. The van der Waals surface area contributed by atoms with E-state index in [4.69, 9.17) is 5.84 Å². The van der Waals surface area contributed by atoms with Crippen molar-refractivity contribution in [3.63, 3.8) is 0 Å². The van der Waals surface area contributed by atoms with Gasteiger partial charge in [-0.25, -0.2) is 10.5 Å². The monoisotopic (exact) mass is 377 g/mol. The number of benzene rings is 2. The Morgan fingerprint density at radius 1 is 1.04 bits per heavy atom. The standard InChI is InChI=1S/C21H23N5O2/c1-21(2,20(28)24-15-9-5-3-6-10-15)13-18-17(19(27)25-22)14-23-26(18)16-11-7-4-8-12-16/h3-12,14H,13,22H2,1-2H3,(H,24,28)(H,25,27). The van der Waals surface area contributed by atoms with E-state index in [2.05, 4.69) is 15.8 Å². The fourth-order valence-electron chi connectivity index (χ4n) is 2.92. The molecule has 0 aliphatic carbocycles. The van der Waals surface area contributed by atoms with E-state index < -0.39 is 11.3 Å². The number of amides is 2. The lowest BCUT2D eigenvalue weighted by atomic mass is 9.85. The van der Waals surface area contributed by atoms with Gasteiger partial charge in [0.2, 0.25) is 5.91 Å². The van der Waals surface area contributed by atoms with E-state index in [0.717, 1.165) is 11.4 Å². The van der Waals surface area contributed by atoms with Crippen LogP contribution in [0.15, 0.2) is 66.9 Å². The van der Waals surface area contributed by atoms with Gasteiger partial charge in [-0.1, -0.05) is 50.2 Å². The third-order valence-electron chi connectivity index (χ3n) is 4.50. The predicted octanol–water partition coefficient (Wildman–Crippen LogP) is 2.68. The van der Waals surface area contributed by atoms with Crippen molar-refractivity contribution in [2.75, 3.05) is 5.32 Å². The highest BCUT2D eigenvalue weighted by atomic mass is 16.2. The van der Waals surface area contributed by atoms with Crippen molar-refractivity contribution in [3.05, 3.63) is 78.1 Å². The second kappa shape index (κ2) is 8.06. The second-order valence-corrected chi connectivity index (χ2v) is 7.11. The number of rotatable bonds is 6. The third-order valence-corrected chi connectivity index (χ3v) is 4.50. The fraction of sp³-hybridized carbons (Fsp3) is 0.190. The van der Waals surface area contributed by atoms with Crippen molar-refractivity contribution in [2.45, 2.75) is 20.3 Å². The summed E-state index contributed by atoms with van der Waals surface area (Å²) in [5.74, 6) is 4.73. The van der Waals surface area contributed by atoms with Gasteiger partial charge >= 0.3 is 0 Å². The van der Waals surface area contributed by atoms with Gasteiger partial charge in [0.25, 0.3) is 5.91 Å². The molecule has 7 heteroatoms. The third kappa shape index (κ3) is 4.10. The number of hydrazine groups is 1. The summed E-state index contributed by atoms with van der Waals surface area (Å²) in [6, 6.07) is 18.7. The average molecular weight is 377 g/mol. The lowest BCUT2D eigenvalue weighted by Gasteiger charge is -2.24. The molecule has 144 valence electrons. The number of nitrogens with zero attached hydrogens (tertiary/aromatic N) is 2. The van der Waals surface area contributed by atoms with E-state index in [1.54, 1.807) is 4.68 Å². The summed E-state index contributed by atoms with van der Waals surface area (Å²) in [6.45, 7) is 3.66. The number of nitrogens with one attached hydrogen (secondary N) is 2. The minimum atomic E-state index is -0.800. The van der Waals surface area contributed by atoms with Gasteiger partial charge in [0, 0.05) is 17.5 Å². The summed E-state index contributed by atoms with van der Waals surface area (Å²) in [6.07, 6.45) is 1.76. The van der Waals surface area contributed by atoms with E-state index in [1.807, 2.05) is 74.5 Å². The van der Waals surface area contributed by atoms with Gasteiger partial charge in [0.05, 0.1) is 23.1 Å². The first kappa shape index (κ1) is 19.3. The van der Waals surface area contributed by atoms with Crippen LogP contribution in [-0.2, 0) is 11.2 Å². The Morgan fingerprint density at radius 3 is 2.25 bits per heavy atom. The Labute approximate surface area is 163 Å². The molecule has 28 heavy (non-hydrogen) atoms. The normalized spacial score (nSPS) is 11.1. The lowest BCUT2D eigenvalue weighted by Crippen LogP contribution is -2.35. The highest BCUT2D eigenvalue weighted by Gasteiger charge is 2.32. The van der Waals surface area contributed by atoms with Gasteiger partial charge in [0.1, 0.15) is 0 Å². The molecule has 0 unspecified atom stereocenters. The highest BCUT2D eigenvalue weighted by Crippen LogP contribution is 2.27. The lowest BCUT2D eigenvalue weighted by molar-refractivity contribution is -0.124. The van der Waals surface area contributed by atoms with Gasteiger partial charge in [0.15, 0.2) is 0 Å². The van der Waals surface area contributed by atoms with Crippen LogP contribution in [0.5, 0.6) is 0 Å². The summed E-state index contributed by atoms with van der Waals surface area (Å²) in [5, 5.41) is 7.27. The van der Waals surface area contributed by atoms with Crippen LogP contribution in [0.25, 0.3) is 5.69 Å². The highest BCUT2D eigenvalue weighted by molar-refractivity contribution is 5.97. The van der Waals surface area contributed by atoms with Crippen molar-refractivity contribution >= 4 is 17.5 Å². The van der Waals surface area contributed by atoms with Gasteiger partial charge in [-0.05, 0) is 24.3 Å². The minimum Gasteiger partial charge on any atom is -0.326 e. The van der Waals surface area contributed by atoms with Crippen LogP contribution in [0.1, 0.15) is 29.9 Å². The number of anilines is 1. The molecule has 0 aliphatic rings. The number of carbonyl (C=O) groups excluding carboxylic acids is 2. The Bertz CT molecular complexity index is 965. The fourth-order valence-corrected chi connectivity index (χ4v) is 2.92. The van der Waals surface area contributed by atoms with Crippen LogP contribution in [0.3, 0.4) is 0 Å². The van der Waals surface area contributed by atoms with E-state index in [1.165, 1.54) is 6.20 Å². The molecular weight excluding hydrogens is 354 g/mol. The Balaban J connectivity index is 1.94. The zero-order chi connectivity index (χ0) is 20.1. The summed E-state index contributed by atoms with van der Waals surface area (Å²) in [4.78, 5) is 25.1. The number of nitrogen functional groups attached to an aromatic ring is 1. The zero-order valence-electron chi connectivity index (χ0n) is 15.8. The first-order chi connectivity index (χ1) is 13.4. The van der Waals surface area contributed by atoms with Gasteiger partial charge in [-0.3, -0.25) is 15.0 Å². The van der Waals surface area contributed by atoms with Crippen molar-refractivity contribution in [2.24, 2.45) is 11.3 Å². The number of nitrogens with two attached hydrogens (primary N) is 1. The van der Waals surface area contributed by atoms with Crippen molar-refractivity contribution < 1.29 is 9.59 Å². The Morgan fingerprint density at radius 2 is 1.64 bits per heavy atom. The molecule has 0 spiro atoms. The Hall–Kier alpha value is -3.45. The topological polar surface area (TPSA) is 102 Å². The largest absolute Gasteiger partial charge is 0.326 e. The molecular formula is C21H23N5O2. The van der Waals surface area contributed by atoms with Crippen molar-refractivity contribution in [3.8, 4) is 5.69 Å². The molecule has 0 aliphatic heterocycles. The van der Waals surface area contributed by atoms with Crippen molar-refractivity contribution in [1.82, 2.24) is 15.2 Å². The zero-order valence-corrected chi connectivity index (χ0v) is 15.8. The van der Waals surface area contributed by atoms with E-state index in [9.17, 15) is 9.59 Å². The molecule has 0 fully saturated rings. The van der Waals surface area contributed by atoms with Crippen molar-refractivity contribution in [1.29, 1.82) is 0 Å². The van der Waals surface area contributed by atoms with Crippen LogP contribution in [0.4, 0.5) is 5.69 Å². The van der Waals surface area contributed by atoms with E-state index >= 15 is 0 Å². The first-order valence-electron chi connectivity index (χ1n) is 8.92. The van der Waals surface area contributed by atoms with Crippen LogP contribution < -0.4 is 16.6 Å². The molecule has 2 amide bonds. The van der Waals surface area contributed by atoms with Gasteiger partial charge in [-0.2, -0.15) is 5.10 Å². The quantitative estimate of drug-likeness (QED) is 0.349. The van der Waals surface area contributed by atoms with Crippen LogP contribution >= 0.6 is 0 Å². The molecule has 0 saturated carbocycles. The maximum atomic E-state index is 12.9. The van der Waals surface area contributed by atoms with Gasteiger partial charge in [-0.15, -0.1) is 0 Å². The summed E-state index contributed by atoms with van der Waals surface area (Å²) in [5.41, 5.74) is 3.82. The smallest absolute Gasteiger partial charge is 0.268 e. The molecule has 0 radical (unpaired) electrons. The van der Waals surface area contributed by atoms with Crippen LogP contribution in [0.2, 0.25) is 0 Å². The SMILES string of the molecule is CC(C)(Cc1c(C(=O)NN)cnn1-c1ccccc1)C(=O)Nc1ccccc1. The predicted molar refractivity (Wildman–Crippen MR) is 108 cm³/mol. The molecule has 7 nitrogen and oxygen atoms in total. The molecule has 2 aromatic carbocycles. The molecule has 0 saturated heterocycles. The molecule has 4 N–H and O–H groups in total. The average Bonchev–Trinajstić information content (AvgIpc) is 3.11. The number of hydrogen-bond donors (Lipinski definition) is 3. The number of para-hydroxylation sites is 2. The molecule has 0 bridgehead atoms. The Kier molecular flexibility index (Phi) is 5.56. The number of hydrogen-bond acceptors (Lipinski definition) is 4. The molecule has 3 aromatic rings. The summed E-state index contributed by atoms with van der Waals surface area (Å²) in [7, 11) is 0. The van der Waals surface area contributed by atoms with Crippen LogP contribution in [-0.4, -0.2) is 21.6 Å². The summed E-state index contributed by atoms with van der Waals surface area (Å²) >= 11 is 0. The number of carbonyl (C=O) groups is 2. The van der Waals surface area contributed by atoms with Gasteiger partial charge < -0.3 is 5.32 Å². The maximum absolute atomic E-state index is 12.9. The maximum Gasteiger partial charge on any atom is 0.268 e. The molecule has 1 aromatic heterocycles. The molecule has 3 rings (SSSR count). The first-order valence-corrected chi connectivity index (χ1v) is 8.92. The second-order valence-electron chi connectivity index (χ2n) is 7.11. The van der Waals surface area contributed by atoms with E-state index in [-0.39, 0.29) is 5.91 Å². The van der Waals surface area contributed by atoms with E-state index in [0.29, 0.717) is 17.7 Å². The molecule has 1 heterocycles. The van der Waals surface area contributed by atoms with Crippen LogP contribution in [0, 0.1) is 5.41 Å². The molecule has 0 atom stereocenters. The minimum absolute atomic E-state index is 0.154. The number of aromatic nitrogens is 2.